The van der Waals surface area contributed by atoms with Gasteiger partial charge in [0.1, 0.15) is 0 Å². The molecule has 16 heavy (non-hydrogen) atoms. The summed E-state index contributed by atoms with van der Waals surface area (Å²) in [5.41, 5.74) is 2.53. The molecular weight excluding hydrogens is 241 g/mol. The SMILES string of the molecule is Cl.Clc1cccc(CCc2cccnc2)c1. The average Bonchev–Trinajstić information content (AvgIpc) is 2.28. The number of hydrogen-bond donors (Lipinski definition) is 0. The molecule has 1 heterocycles. The van der Waals surface area contributed by atoms with Crippen LogP contribution in [-0.2, 0) is 12.8 Å². The van der Waals surface area contributed by atoms with Crippen LogP contribution >= 0.6 is 24.0 Å². The number of pyridine rings is 1. The summed E-state index contributed by atoms with van der Waals surface area (Å²) >= 11 is 5.91. The second-order valence-corrected chi connectivity index (χ2v) is 3.93. The van der Waals surface area contributed by atoms with E-state index in [2.05, 4.69) is 17.1 Å². The Balaban J connectivity index is 0.00000128. The van der Waals surface area contributed by atoms with Crippen molar-refractivity contribution in [3.8, 4) is 0 Å². The minimum Gasteiger partial charge on any atom is -0.264 e. The molecule has 0 amide bonds. The first-order valence-electron chi connectivity index (χ1n) is 4.98. The molecule has 0 aliphatic rings. The van der Waals surface area contributed by atoms with E-state index in [9.17, 15) is 0 Å². The topological polar surface area (TPSA) is 12.9 Å². The monoisotopic (exact) mass is 253 g/mol. The minimum atomic E-state index is 0. The molecule has 1 nitrogen and oxygen atoms in total. The summed E-state index contributed by atoms with van der Waals surface area (Å²) in [6.45, 7) is 0. The molecule has 0 aliphatic heterocycles. The molecule has 84 valence electrons. The van der Waals surface area contributed by atoms with Crippen molar-refractivity contribution in [1.82, 2.24) is 4.98 Å². The van der Waals surface area contributed by atoms with Gasteiger partial charge in [0.2, 0.25) is 0 Å². The first kappa shape index (κ1) is 13.0. The third-order valence-corrected chi connectivity index (χ3v) is 2.55. The maximum absolute atomic E-state index is 5.91. The molecule has 0 saturated heterocycles. The fourth-order valence-corrected chi connectivity index (χ4v) is 1.74. The largest absolute Gasteiger partial charge is 0.264 e. The highest BCUT2D eigenvalue weighted by atomic mass is 35.5. The number of aromatic nitrogens is 1. The third kappa shape index (κ3) is 3.84. The summed E-state index contributed by atoms with van der Waals surface area (Å²) < 4.78 is 0. The Morgan fingerprint density at radius 3 is 2.44 bits per heavy atom. The number of benzene rings is 1. The molecule has 0 aliphatic carbocycles. The van der Waals surface area contributed by atoms with Crippen LogP contribution in [0.1, 0.15) is 11.1 Å². The third-order valence-electron chi connectivity index (χ3n) is 2.31. The summed E-state index contributed by atoms with van der Waals surface area (Å²) in [6.07, 6.45) is 5.72. The Labute approximate surface area is 107 Å². The van der Waals surface area contributed by atoms with Crippen LogP contribution in [0, 0.1) is 0 Å². The molecule has 0 radical (unpaired) electrons. The van der Waals surface area contributed by atoms with Gasteiger partial charge in [0.05, 0.1) is 0 Å². The predicted octanol–water partition coefficient (Wildman–Crippen LogP) is 3.94. The van der Waals surface area contributed by atoms with Crippen LogP contribution < -0.4 is 0 Å². The van der Waals surface area contributed by atoms with Gasteiger partial charge in [0.15, 0.2) is 0 Å². The normalized spacial score (nSPS) is 9.56. The Morgan fingerprint density at radius 1 is 1.00 bits per heavy atom. The van der Waals surface area contributed by atoms with E-state index in [0.717, 1.165) is 17.9 Å². The van der Waals surface area contributed by atoms with Gasteiger partial charge >= 0.3 is 0 Å². The molecule has 1 aromatic heterocycles. The van der Waals surface area contributed by atoms with Crippen molar-refractivity contribution in [1.29, 1.82) is 0 Å². The van der Waals surface area contributed by atoms with Crippen molar-refractivity contribution in [2.45, 2.75) is 12.8 Å². The summed E-state index contributed by atoms with van der Waals surface area (Å²) in [7, 11) is 0. The minimum absolute atomic E-state index is 0. The highest BCUT2D eigenvalue weighted by Gasteiger charge is 1.96. The van der Waals surface area contributed by atoms with Crippen LogP contribution in [0.25, 0.3) is 0 Å². The van der Waals surface area contributed by atoms with Crippen molar-refractivity contribution in [2.75, 3.05) is 0 Å². The number of hydrogen-bond acceptors (Lipinski definition) is 1. The van der Waals surface area contributed by atoms with E-state index in [1.165, 1.54) is 11.1 Å². The molecule has 1 aromatic carbocycles. The summed E-state index contributed by atoms with van der Waals surface area (Å²) in [6, 6.07) is 12.1. The Morgan fingerprint density at radius 2 is 1.75 bits per heavy atom. The zero-order valence-corrected chi connectivity index (χ0v) is 10.3. The van der Waals surface area contributed by atoms with Crippen LogP contribution in [0.5, 0.6) is 0 Å². The van der Waals surface area contributed by atoms with Crippen LogP contribution in [0.2, 0.25) is 5.02 Å². The second kappa shape index (κ2) is 6.51. The highest BCUT2D eigenvalue weighted by molar-refractivity contribution is 6.30. The van der Waals surface area contributed by atoms with Crippen LogP contribution in [0.15, 0.2) is 48.8 Å². The number of halogens is 2. The summed E-state index contributed by atoms with van der Waals surface area (Å²) in [5, 5.41) is 0.804. The summed E-state index contributed by atoms with van der Waals surface area (Å²) in [5.74, 6) is 0. The molecule has 0 bridgehead atoms. The van der Waals surface area contributed by atoms with Gasteiger partial charge in [-0.3, -0.25) is 4.98 Å². The predicted molar refractivity (Wildman–Crippen MR) is 70.3 cm³/mol. The van der Waals surface area contributed by atoms with Crippen LogP contribution in [0.3, 0.4) is 0 Å². The molecule has 0 spiro atoms. The Bertz CT molecular complexity index is 429. The smallest absolute Gasteiger partial charge is 0.0408 e. The van der Waals surface area contributed by atoms with Gasteiger partial charge < -0.3 is 0 Å². The molecule has 0 saturated carbocycles. The first-order chi connectivity index (χ1) is 7.34. The zero-order valence-electron chi connectivity index (χ0n) is 8.77. The lowest BCUT2D eigenvalue weighted by molar-refractivity contribution is 0.950. The van der Waals surface area contributed by atoms with E-state index in [4.69, 9.17) is 11.6 Å². The van der Waals surface area contributed by atoms with Gasteiger partial charge in [-0.25, -0.2) is 0 Å². The maximum atomic E-state index is 5.91. The number of aryl methyl sites for hydroxylation is 2. The Hall–Kier alpha value is -1.05. The molecule has 0 N–H and O–H groups in total. The fourth-order valence-electron chi connectivity index (χ4n) is 1.53. The molecule has 0 fully saturated rings. The average molecular weight is 254 g/mol. The van der Waals surface area contributed by atoms with E-state index < -0.39 is 0 Å². The van der Waals surface area contributed by atoms with Crippen molar-refractivity contribution >= 4 is 24.0 Å². The molecule has 0 unspecified atom stereocenters. The lowest BCUT2D eigenvalue weighted by Crippen LogP contribution is -1.91. The van der Waals surface area contributed by atoms with E-state index in [-0.39, 0.29) is 12.4 Å². The van der Waals surface area contributed by atoms with E-state index in [0.29, 0.717) is 0 Å². The zero-order chi connectivity index (χ0) is 10.5. The number of rotatable bonds is 3. The lowest BCUT2D eigenvalue weighted by atomic mass is 10.1. The number of nitrogens with zero attached hydrogens (tertiary/aromatic N) is 1. The molecule has 2 rings (SSSR count). The first-order valence-corrected chi connectivity index (χ1v) is 5.36. The molecule has 3 heteroatoms. The highest BCUT2D eigenvalue weighted by Crippen LogP contribution is 2.12. The van der Waals surface area contributed by atoms with Gasteiger partial charge in [-0.05, 0) is 42.2 Å². The Kier molecular flexibility index (Phi) is 5.30. The summed E-state index contributed by atoms with van der Waals surface area (Å²) in [4.78, 5) is 4.09. The van der Waals surface area contributed by atoms with Gasteiger partial charge in [0, 0.05) is 17.4 Å². The molecular formula is C13H13Cl2N. The van der Waals surface area contributed by atoms with E-state index >= 15 is 0 Å². The van der Waals surface area contributed by atoms with Gasteiger partial charge in [-0.1, -0.05) is 29.8 Å². The molecule has 0 atom stereocenters. The van der Waals surface area contributed by atoms with Crippen molar-refractivity contribution < 1.29 is 0 Å². The van der Waals surface area contributed by atoms with Crippen molar-refractivity contribution in [2.24, 2.45) is 0 Å². The quantitative estimate of drug-likeness (QED) is 0.808. The van der Waals surface area contributed by atoms with E-state index in [1.807, 2.05) is 30.5 Å². The second-order valence-electron chi connectivity index (χ2n) is 3.49. The molecule has 2 aromatic rings. The van der Waals surface area contributed by atoms with Crippen LogP contribution in [0.4, 0.5) is 0 Å². The standard InChI is InChI=1S/C13H12ClN.ClH/c14-13-5-1-3-11(9-13)6-7-12-4-2-8-15-10-12;/h1-5,8-10H,6-7H2;1H. The van der Waals surface area contributed by atoms with E-state index in [1.54, 1.807) is 6.20 Å². The lowest BCUT2D eigenvalue weighted by Gasteiger charge is -2.01. The maximum Gasteiger partial charge on any atom is 0.0408 e. The van der Waals surface area contributed by atoms with Gasteiger partial charge in [-0.2, -0.15) is 0 Å². The van der Waals surface area contributed by atoms with Gasteiger partial charge in [0.25, 0.3) is 0 Å². The van der Waals surface area contributed by atoms with Crippen molar-refractivity contribution in [3.05, 3.63) is 64.9 Å². The van der Waals surface area contributed by atoms with Crippen molar-refractivity contribution in [3.63, 3.8) is 0 Å². The van der Waals surface area contributed by atoms with Gasteiger partial charge in [-0.15, -0.1) is 12.4 Å². The fraction of sp³-hybridized carbons (Fsp3) is 0.154. The van der Waals surface area contributed by atoms with Crippen LogP contribution in [-0.4, -0.2) is 4.98 Å².